The fourth-order valence-electron chi connectivity index (χ4n) is 2.90. The first kappa shape index (κ1) is 15.6. The van der Waals surface area contributed by atoms with Gasteiger partial charge >= 0.3 is 0 Å². The van der Waals surface area contributed by atoms with Crippen molar-refractivity contribution in [2.45, 2.75) is 24.2 Å². The second-order valence-electron chi connectivity index (χ2n) is 5.92. The second-order valence-corrected chi connectivity index (χ2v) is 7.63. The lowest BCUT2D eigenvalue weighted by molar-refractivity contribution is 0.347. The third-order valence-electron chi connectivity index (χ3n) is 3.95. The highest BCUT2D eigenvalue weighted by molar-refractivity contribution is 7.89. The Bertz CT molecular complexity index is 638. The van der Waals surface area contributed by atoms with Gasteiger partial charge in [0.2, 0.25) is 10.0 Å². The van der Waals surface area contributed by atoms with Gasteiger partial charge < -0.3 is 14.4 Å². The largest absolute Gasteiger partial charge is 0.493 e. The molecule has 3 rings (SSSR count). The molecule has 0 saturated heterocycles. The van der Waals surface area contributed by atoms with Crippen LogP contribution in [0.15, 0.2) is 11.0 Å². The highest BCUT2D eigenvalue weighted by Gasteiger charge is 2.33. The molecule has 0 radical (unpaired) electrons. The zero-order valence-electron chi connectivity index (χ0n) is 13.0. The third kappa shape index (κ3) is 2.93. The number of hydrogen-bond donors (Lipinski definition) is 1. The number of nitrogens with one attached hydrogen (secondary N) is 1. The van der Waals surface area contributed by atoms with Gasteiger partial charge in [-0.1, -0.05) is 0 Å². The van der Waals surface area contributed by atoms with Crippen LogP contribution >= 0.6 is 0 Å². The quantitative estimate of drug-likeness (QED) is 0.783. The summed E-state index contributed by atoms with van der Waals surface area (Å²) in [4.78, 5) is 2.32. The van der Waals surface area contributed by atoms with Crippen LogP contribution in [0.3, 0.4) is 0 Å². The number of ether oxygens (including phenoxy) is 2. The van der Waals surface area contributed by atoms with Gasteiger partial charge in [0.05, 0.1) is 13.2 Å². The molecule has 0 aromatic heterocycles. The van der Waals surface area contributed by atoms with Crippen molar-refractivity contribution in [3.8, 4) is 11.5 Å². The fraction of sp³-hybridized carbons (Fsp3) is 0.600. The molecule has 0 unspecified atom stereocenters. The standard InChI is InChI=1S/C15H22N2O4S/c1-17(2)7-3-6-16-22(18,19)15-12-5-9-20-13(12)10-11-4-8-21-14(11)15/h10,16H,3-9H2,1-2H3. The number of nitrogens with zero attached hydrogens (tertiary/aromatic N) is 1. The Kier molecular flexibility index (Phi) is 4.29. The van der Waals surface area contributed by atoms with Crippen LogP contribution in [0.1, 0.15) is 17.5 Å². The van der Waals surface area contributed by atoms with Crippen molar-refractivity contribution in [3.05, 3.63) is 17.2 Å². The van der Waals surface area contributed by atoms with Crippen molar-refractivity contribution >= 4 is 10.0 Å². The Morgan fingerprint density at radius 1 is 1.23 bits per heavy atom. The van der Waals surface area contributed by atoms with Crippen LogP contribution in [0.5, 0.6) is 11.5 Å². The van der Waals surface area contributed by atoms with Crippen LogP contribution in [0.2, 0.25) is 0 Å². The van der Waals surface area contributed by atoms with Gasteiger partial charge in [-0.25, -0.2) is 13.1 Å². The summed E-state index contributed by atoms with van der Waals surface area (Å²) in [5.41, 5.74) is 1.68. The summed E-state index contributed by atoms with van der Waals surface area (Å²) >= 11 is 0. The van der Waals surface area contributed by atoms with E-state index in [-0.39, 0.29) is 0 Å². The van der Waals surface area contributed by atoms with Crippen LogP contribution < -0.4 is 14.2 Å². The molecule has 1 N–H and O–H groups in total. The Balaban J connectivity index is 1.87. The van der Waals surface area contributed by atoms with E-state index in [1.54, 1.807) is 0 Å². The summed E-state index contributed by atoms with van der Waals surface area (Å²) in [5, 5.41) is 0. The van der Waals surface area contributed by atoms with Crippen LogP contribution in [0, 0.1) is 0 Å². The predicted molar refractivity (Wildman–Crippen MR) is 83.2 cm³/mol. The fourth-order valence-corrected chi connectivity index (χ4v) is 4.42. The number of sulfonamides is 1. The molecule has 2 heterocycles. The van der Waals surface area contributed by atoms with E-state index in [1.807, 2.05) is 25.1 Å². The Hall–Kier alpha value is -1.31. The first-order chi connectivity index (χ1) is 10.5. The van der Waals surface area contributed by atoms with Gasteiger partial charge in [0.1, 0.15) is 16.4 Å². The van der Waals surface area contributed by atoms with Crippen molar-refractivity contribution < 1.29 is 17.9 Å². The molecule has 22 heavy (non-hydrogen) atoms. The van der Waals surface area contributed by atoms with Gasteiger partial charge in [-0.2, -0.15) is 0 Å². The van der Waals surface area contributed by atoms with Crippen LogP contribution in [-0.4, -0.2) is 53.7 Å². The molecule has 0 fully saturated rings. The van der Waals surface area contributed by atoms with Crippen LogP contribution in [-0.2, 0) is 22.9 Å². The Morgan fingerprint density at radius 3 is 2.77 bits per heavy atom. The number of hydrogen-bond acceptors (Lipinski definition) is 5. The summed E-state index contributed by atoms with van der Waals surface area (Å²) in [6.07, 6.45) is 2.11. The zero-order chi connectivity index (χ0) is 15.7. The lowest BCUT2D eigenvalue weighted by Gasteiger charge is -2.15. The van der Waals surface area contributed by atoms with Crippen molar-refractivity contribution in [3.63, 3.8) is 0 Å². The molecule has 2 aliphatic rings. The molecular weight excluding hydrogens is 304 g/mol. The summed E-state index contributed by atoms with van der Waals surface area (Å²) in [7, 11) is 0.356. The molecule has 0 aliphatic carbocycles. The van der Waals surface area contributed by atoms with E-state index in [4.69, 9.17) is 9.47 Å². The Labute approximate surface area is 131 Å². The Morgan fingerprint density at radius 2 is 2.00 bits per heavy atom. The van der Waals surface area contributed by atoms with Crippen LogP contribution in [0.4, 0.5) is 0 Å². The minimum absolute atomic E-state index is 0.292. The highest BCUT2D eigenvalue weighted by atomic mass is 32.2. The molecule has 1 aromatic rings. The van der Waals surface area contributed by atoms with Gasteiger partial charge in [-0.3, -0.25) is 0 Å². The predicted octanol–water partition coefficient (Wildman–Crippen LogP) is 0.786. The molecular formula is C15H22N2O4S. The molecule has 1 aromatic carbocycles. The highest BCUT2D eigenvalue weighted by Crippen LogP contribution is 2.42. The summed E-state index contributed by atoms with van der Waals surface area (Å²) < 4.78 is 39.3. The zero-order valence-corrected chi connectivity index (χ0v) is 13.8. The number of fused-ring (bicyclic) bond motifs is 2. The van der Waals surface area contributed by atoms with Crippen molar-refractivity contribution in [2.75, 3.05) is 40.4 Å². The van der Waals surface area contributed by atoms with E-state index in [2.05, 4.69) is 4.72 Å². The van der Waals surface area contributed by atoms with Crippen molar-refractivity contribution in [1.82, 2.24) is 9.62 Å². The molecule has 2 aliphatic heterocycles. The lowest BCUT2D eigenvalue weighted by atomic mass is 10.1. The van der Waals surface area contributed by atoms with Gasteiger partial charge in [0.15, 0.2) is 0 Å². The number of rotatable bonds is 6. The van der Waals surface area contributed by atoms with Gasteiger partial charge in [-0.15, -0.1) is 0 Å². The minimum Gasteiger partial charge on any atom is -0.493 e. The molecule has 0 saturated carbocycles. The summed E-state index contributed by atoms with van der Waals surface area (Å²) in [6, 6.07) is 1.93. The van der Waals surface area contributed by atoms with E-state index >= 15 is 0 Å². The molecule has 0 spiro atoms. The average molecular weight is 326 g/mol. The average Bonchev–Trinajstić information content (AvgIpc) is 3.08. The maximum atomic E-state index is 12.7. The molecule has 6 nitrogen and oxygen atoms in total. The minimum atomic E-state index is -3.58. The van der Waals surface area contributed by atoms with Gasteiger partial charge in [0.25, 0.3) is 0 Å². The van der Waals surface area contributed by atoms with E-state index in [0.29, 0.717) is 42.6 Å². The third-order valence-corrected chi connectivity index (χ3v) is 5.50. The lowest BCUT2D eigenvalue weighted by Crippen LogP contribution is -2.28. The SMILES string of the molecule is CN(C)CCCNS(=O)(=O)c1c2c(cc3c1OCC3)OCC2. The first-order valence-electron chi connectivity index (χ1n) is 7.58. The van der Waals surface area contributed by atoms with E-state index in [9.17, 15) is 8.42 Å². The normalized spacial score (nSPS) is 16.3. The molecule has 122 valence electrons. The topological polar surface area (TPSA) is 67.9 Å². The smallest absolute Gasteiger partial charge is 0.244 e. The molecule has 0 amide bonds. The van der Waals surface area contributed by atoms with E-state index < -0.39 is 10.0 Å². The maximum absolute atomic E-state index is 12.7. The van der Waals surface area contributed by atoms with Crippen molar-refractivity contribution in [1.29, 1.82) is 0 Å². The monoisotopic (exact) mass is 326 g/mol. The molecule has 0 atom stereocenters. The van der Waals surface area contributed by atoms with E-state index in [0.717, 1.165) is 30.5 Å². The summed E-state index contributed by atoms with van der Waals surface area (Å²) in [5.74, 6) is 1.21. The van der Waals surface area contributed by atoms with E-state index in [1.165, 1.54) is 0 Å². The van der Waals surface area contributed by atoms with Gasteiger partial charge in [0, 0.05) is 30.5 Å². The summed E-state index contributed by atoms with van der Waals surface area (Å²) in [6.45, 7) is 2.32. The second kappa shape index (κ2) is 6.06. The first-order valence-corrected chi connectivity index (χ1v) is 9.06. The van der Waals surface area contributed by atoms with Gasteiger partial charge in [-0.05, 0) is 33.1 Å². The van der Waals surface area contributed by atoms with Crippen molar-refractivity contribution in [2.24, 2.45) is 0 Å². The van der Waals surface area contributed by atoms with Crippen LogP contribution in [0.25, 0.3) is 0 Å². The molecule has 7 heteroatoms. The number of benzene rings is 1. The maximum Gasteiger partial charge on any atom is 0.244 e. The molecule has 0 bridgehead atoms.